The molecule has 0 radical (unpaired) electrons. The number of rotatable bonds is 3. The highest BCUT2D eigenvalue weighted by Gasteiger charge is 2.33. The molecule has 2 saturated heterocycles. The molecule has 2 heterocycles. The van der Waals surface area contributed by atoms with Crippen molar-refractivity contribution >= 4 is 5.91 Å². The summed E-state index contributed by atoms with van der Waals surface area (Å²) in [4.78, 5) is 14.1. The van der Waals surface area contributed by atoms with E-state index >= 15 is 0 Å². The van der Waals surface area contributed by atoms with Gasteiger partial charge in [0.25, 0.3) is 5.91 Å². The monoisotopic (exact) mass is 238 g/mol. The predicted octanol–water partition coefficient (Wildman–Crippen LogP) is 0.917. The maximum absolute atomic E-state index is 12.2. The summed E-state index contributed by atoms with van der Waals surface area (Å²) in [5.74, 6) is 0.726. The topological polar surface area (TPSA) is 55.6 Å². The van der Waals surface area contributed by atoms with Gasteiger partial charge in [-0.2, -0.15) is 0 Å². The standard InChI is InChI=1S/C13H22N2O2/c1-2-10-5-7-15(8-6-10)13(16)12-4-3-11(9-14)17-12/h2,10-12H,1,3-9,14H2/t11-,12+/m1/s1. The highest BCUT2D eigenvalue weighted by molar-refractivity contribution is 5.81. The van der Waals surface area contributed by atoms with Crippen molar-refractivity contribution in [3.8, 4) is 0 Å². The van der Waals surface area contributed by atoms with E-state index in [1.807, 2.05) is 11.0 Å². The molecule has 2 fully saturated rings. The van der Waals surface area contributed by atoms with Crippen molar-refractivity contribution in [2.24, 2.45) is 11.7 Å². The highest BCUT2D eigenvalue weighted by Crippen LogP contribution is 2.24. The summed E-state index contributed by atoms with van der Waals surface area (Å²) in [5.41, 5.74) is 5.55. The molecule has 0 spiro atoms. The van der Waals surface area contributed by atoms with Gasteiger partial charge >= 0.3 is 0 Å². The van der Waals surface area contributed by atoms with Crippen LogP contribution in [0.3, 0.4) is 0 Å². The van der Waals surface area contributed by atoms with Crippen LogP contribution >= 0.6 is 0 Å². The van der Waals surface area contributed by atoms with Crippen LogP contribution in [0, 0.1) is 5.92 Å². The number of hydrogen-bond donors (Lipinski definition) is 1. The molecule has 4 nitrogen and oxygen atoms in total. The van der Waals surface area contributed by atoms with Crippen LogP contribution in [0.4, 0.5) is 0 Å². The largest absolute Gasteiger partial charge is 0.364 e. The molecule has 0 aromatic heterocycles. The van der Waals surface area contributed by atoms with Crippen LogP contribution in [0.2, 0.25) is 0 Å². The lowest BCUT2D eigenvalue weighted by Gasteiger charge is -2.32. The Bertz CT molecular complexity index is 285. The second kappa shape index (κ2) is 5.65. The molecule has 1 amide bonds. The zero-order chi connectivity index (χ0) is 12.3. The quantitative estimate of drug-likeness (QED) is 0.744. The lowest BCUT2D eigenvalue weighted by atomic mass is 9.97. The summed E-state index contributed by atoms with van der Waals surface area (Å²) in [7, 11) is 0. The van der Waals surface area contributed by atoms with E-state index in [1.54, 1.807) is 0 Å². The number of likely N-dealkylation sites (tertiary alicyclic amines) is 1. The van der Waals surface area contributed by atoms with E-state index in [4.69, 9.17) is 10.5 Å². The number of carbonyl (C=O) groups is 1. The molecule has 4 heteroatoms. The van der Waals surface area contributed by atoms with E-state index in [0.29, 0.717) is 12.5 Å². The molecule has 2 N–H and O–H groups in total. The lowest BCUT2D eigenvalue weighted by molar-refractivity contribution is -0.144. The summed E-state index contributed by atoms with van der Waals surface area (Å²) in [6, 6.07) is 0. The molecule has 96 valence electrons. The minimum Gasteiger partial charge on any atom is -0.364 e. The maximum Gasteiger partial charge on any atom is 0.251 e. The Balaban J connectivity index is 1.83. The minimum atomic E-state index is -0.246. The molecule has 2 aliphatic heterocycles. The van der Waals surface area contributed by atoms with Crippen LogP contribution < -0.4 is 5.73 Å². The third-order valence-electron chi connectivity index (χ3n) is 3.83. The van der Waals surface area contributed by atoms with E-state index in [-0.39, 0.29) is 18.1 Å². The summed E-state index contributed by atoms with van der Waals surface area (Å²) >= 11 is 0. The number of allylic oxidation sites excluding steroid dienone is 1. The van der Waals surface area contributed by atoms with E-state index in [1.165, 1.54) is 0 Å². The number of nitrogens with two attached hydrogens (primary N) is 1. The summed E-state index contributed by atoms with van der Waals surface area (Å²) in [6.07, 6.45) is 5.62. The van der Waals surface area contributed by atoms with Crippen LogP contribution in [0.1, 0.15) is 25.7 Å². The predicted molar refractivity (Wildman–Crippen MR) is 66.5 cm³/mol. The van der Waals surface area contributed by atoms with Crippen LogP contribution in [0.5, 0.6) is 0 Å². The van der Waals surface area contributed by atoms with E-state index in [0.717, 1.165) is 38.8 Å². The van der Waals surface area contributed by atoms with Gasteiger partial charge in [-0.15, -0.1) is 6.58 Å². The van der Waals surface area contributed by atoms with Gasteiger partial charge in [0.1, 0.15) is 6.10 Å². The number of piperidine rings is 1. The van der Waals surface area contributed by atoms with Gasteiger partial charge in [0.2, 0.25) is 0 Å². The second-order valence-corrected chi connectivity index (χ2v) is 4.96. The Morgan fingerprint density at radius 1 is 1.35 bits per heavy atom. The molecule has 2 atom stereocenters. The molecular formula is C13H22N2O2. The van der Waals surface area contributed by atoms with Gasteiger partial charge in [0, 0.05) is 19.6 Å². The molecule has 0 aromatic carbocycles. The van der Waals surface area contributed by atoms with Gasteiger partial charge in [-0.1, -0.05) is 6.08 Å². The molecule has 0 unspecified atom stereocenters. The van der Waals surface area contributed by atoms with E-state index in [9.17, 15) is 4.79 Å². The molecule has 17 heavy (non-hydrogen) atoms. The fraction of sp³-hybridized carbons (Fsp3) is 0.769. The lowest BCUT2D eigenvalue weighted by Crippen LogP contribution is -2.43. The van der Waals surface area contributed by atoms with Crippen molar-refractivity contribution in [2.75, 3.05) is 19.6 Å². The zero-order valence-corrected chi connectivity index (χ0v) is 10.3. The van der Waals surface area contributed by atoms with Crippen molar-refractivity contribution in [1.82, 2.24) is 4.90 Å². The Labute approximate surface area is 103 Å². The average Bonchev–Trinajstić information content (AvgIpc) is 2.87. The zero-order valence-electron chi connectivity index (χ0n) is 10.3. The van der Waals surface area contributed by atoms with Crippen molar-refractivity contribution in [3.63, 3.8) is 0 Å². The highest BCUT2D eigenvalue weighted by atomic mass is 16.5. The number of ether oxygens (including phenoxy) is 1. The SMILES string of the molecule is C=CC1CCN(C(=O)[C@@H]2CC[C@H](CN)O2)CC1. The molecule has 0 aromatic rings. The fourth-order valence-corrected chi connectivity index (χ4v) is 2.62. The molecule has 2 rings (SSSR count). The van der Waals surface area contributed by atoms with Gasteiger partial charge in [0.15, 0.2) is 0 Å². The number of amides is 1. The van der Waals surface area contributed by atoms with Crippen molar-refractivity contribution in [3.05, 3.63) is 12.7 Å². The Kier molecular flexibility index (Phi) is 4.18. The Morgan fingerprint density at radius 2 is 2.06 bits per heavy atom. The van der Waals surface area contributed by atoms with E-state index < -0.39 is 0 Å². The van der Waals surface area contributed by atoms with Crippen LogP contribution in [0.15, 0.2) is 12.7 Å². The van der Waals surface area contributed by atoms with Crippen molar-refractivity contribution < 1.29 is 9.53 Å². The average molecular weight is 238 g/mol. The third kappa shape index (κ3) is 2.87. The molecule has 0 saturated carbocycles. The first kappa shape index (κ1) is 12.6. The second-order valence-electron chi connectivity index (χ2n) is 4.96. The van der Waals surface area contributed by atoms with Gasteiger partial charge in [-0.25, -0.2) is 0 Å². The first-order valence-electron chi connectivity index (χ1n) is 6.51. The number of nitrogens with zero attached hydrogens (tertiary/aromatic N) is 1. The summed E-state index contributed by atoms with van der Waals surface area (Å²) in [6.45, 7) is 6.00. The molecular weight excluding hydrogens is 216 g/mol. The number of hydrogen-bond acceptors (Lipinski definition) is 3. The van der Waals surface area contributed by atoms with Gasteiger partial charge in [-0.05, 0) is 31.6 Å². The van der Waals surface area contributed by atoms with Crippen molar-refractivity contribution in [2.45, 2.75) is 37.9 Å². The number of carbonyl (C=O) groups excluding carboxylic acids is 1. The molecule has 0 aliphatic carbocycles. The smallest absolute Gasteiger partial charge is 0.251 e. The normalized spacial score (nSPS) is 30.5. The van der Waals surface area contributed by atoms with Gasteiger partial charge in [-0.3, -0.25) is 4.79 Å². The summed E-state index contributed by atoms with van der Waals surface area (Å²) < 4.78 is 5.64. The molecule has 0 bridgehead atoms. The first-order chi connectivity index (χ1) is 8.24. The Morgan fingerprint density at radius 3 is 2.59 bits per heavy atom. The minimum absolute atomic E-state index is 0.0784. The van der Waals surface area contributed by atoms with Gasteiger partial charge < -0.3 is 15.4 Å². The fourth-order valence-electron chi connectivity index (χ4n) is 2.62. The third-order valence-corrected chi connectivity index (χ3v) is 3.83. The van der Waals surface area contributed by atoms with Gasteiger partial charge in [0.05, 0.1) is 6.10 Å². The van der Waals surface area contributed by atoms with Crippen LogP contribution in [0.25, 0.3) is 0 Å². The van der Waals surface area contributed by atoms with Crippen molar-refractivity contribution in [1.29, 1.82) is 0 Å². The Hall–Kier alpha value is -0.870. The van der Waals surface area contributed by atoms with E-state index in [2.05, 4.69) is 6.58 Å². The summed E-state index contributed by atoms with van der Waals surface area (Å²) in [5, 5.41) is 0. The van der Waals surface area contributed by atoms with Crippen LogP contribution in [-0.2, 0) is 9.53 Å². The molecule has 2 aliphatic rings. The maximum atomic E-state index is 12.2. The first-order valence-corrected chi connectivity index (χ1v) is 6.51. The van der Waals surface area contributed by atoms with Crippen LogP contribution in [-0.4, -0.2) is 42.6 Å².